The molecule has 15 heavy (non-hydrogen) atoms. The summed E-state index contributed by atoms with van der Waals surface area (Å²) in [5.41, 5.74) is 0.00532. The molecule has 0 saturated heterocycles. The van der Waals surface area contributed by atoms with Gasteiger partial charge in [-0.05, 0) is 6.07 Å². The van der Waals surface area contributed by atoms with Gasteiger partial charge in [-0.3, -0.25) is 4.79 Å². The van der Waals surface area contributed by atoms with Gasteiger partial charge in [0.2, 0.25) is 0 Å². The minimum Gasteiger partial charge on any atom is -0.504 e. The minimum absolute atomic E-state index is 0.00532. The maximum atomic E-state index is 13.2. The van der Waals surface area contributed by atoms with Gasteiger partial charge in [0.15, 0.2) is 17.3 Å². The minimum atomic E-state index is -1.16. The lowest BCUT2D eigenvalue weighted by molar-refractivity contribution is -0.136. The molecule has 1 rings (SSSR count). The number of carboxylic acid groups (broad SMARTS) is 1. The molecule has 4 nitrogen and oxygen atoms in total. The number of carboxylic acids is 1. The lowest BCUT2D eigenvalue weighted by Gasteiger charge is -2.09. The quantitative estimate of drug-likeness (QED) is 0.837. The molecule has 0 heterocycles. The van der Waals surface area contributed by atoms with Crippen LogP contribution >= 0.6 is 11.6 Å². The summed E-state index contributed by atoms with van der Waals surface area (Å²) in [5, 5.41) is 17.7. The fraction of sp³-hybridized carbons (Fsp3) is 0.222. The van der Waals surface area contributed by atoms with E-state index in [1.165, 1.54) is 0 Å². The zero-order valence-electron chi connectivity index (χ0n) is 7.75. The van der Waals surface area contributed by atoms with E-state index in [4.69, 9.17) is 16.7 Å². The highest BCUT2D eigenvalue weighted by Crippen LogP contribution is 2.37. The number of ether oxygens (including phenoxy) is 1. The summed E-state index contributed by atoms with van der Waals surface area (Å²) in [5.74, 6) is -3.05. The Hall–Kier alpha value is -1.49. The summed E-state index contributed by atoms with van der Waals surface area (Å²) >= 11 is 5.49. The third-order valence-corrected chi connectivity index (χ3v) is 2.05. The maximum absolute atomic E-state index is 13.2. The Morgan fingerprint density at radius 3 is 2.73 bits per heavy atom. The number of halogens is 2. The van der Waals surface area contributed by atoms with Gasteiger partial charge in [0.1, 0.15) is 0 Å². The highest BCUT2D eigenvalue weighted by atomic mass is 35.5. The predicted molar refractivity (Wildman–Crippen MR) is 51.0 cm³/mol. The molecular formula is C9H8ClFO4. The van der Waals surface area contributed by atoms with Crippen LogP contribution in [0.3, 0.4) is 0 Å². The Morgan fingerprint density at radius 2 is 2.27 bits per heavy atom. The molecule has 0 unspecified atom stereocenters. The van der Waals surface area contributed by atoms with Gasteiger partial charge < -0.3 is 14.9 Å². The van der Waals surface area contributed by atoms with Crippen LogP contribution < -0.4 is 4.74 Å². The Balaban J connectivity index is 3.30. The smallest absolute Gasteiger partial charge is 0.307 e. The number of methoxy groups -OCH3 is 1. The molecule has 82 valence electrons. The SMILES string of the molecule is COc1c(O)c(CC(=O)O)cc(Cl)c1F. The number of phenolic OH excluding ortho intramolecular Hbond substituents is 1. The molecule has 0 aliphatic rings. The topological polar surface area (TPSA) is 66.8 Å². The molecule has 0 amide bonds. The number of benzene rings is 1. The van der Waals surface area contributed by atoms with E-state index in [1.54, 1.807) is 0 Å². The number of aromatic hydroxyl groups is 1. The van der Waals surface area contributed by atoms with Gasteiger partial charge in [-0.2, -0.15) is 0 Å². The van der Waals surface area contributed by atoms with Crippen LogP contribution in [-0.2, 0) is 11.2 Å². The lowest BCUT2D eigenvalue weighted by Crippen LogP contribution is -2.02. The van der Waals surface area contributed by atoms with Gasteiger partial charge in [0.25, 0.3) is 0 Å². The molecule has 1 aromatic carbocycles. The number of carbonyl (C=O) groups is 1. The zero-order chi connectivity index (χ0) is 11.6. The molecule has 0 saturated carbocycles. The molecule has 1 aromatic rings. The van der Waals surface area contributed by atoms with Crippen LogP contribution in [-0.4, -0.2) is 23.3 Å². The molecule has 0 bridgehead atoms. The molecule has 0 aromatic heterocycles. The van der Waals surface area contributed by atoms with Gasteiger partial charge in [-0.1, -0.05) is 11.6 Å². The van der Waals surface area contributed by atoms with Crippen molar-refractivity contribution in [1.82, 2.24) is 0 Å². The van der Waals surface area contributed by atoms with Crippen molar-refractivity contribution in [3.63, 3.8) is 0 Å². The number of hydrogen-bond acceptors (Lipinski definition) is 3. The van der Waals surface area contributed by atoms with Crippen molar-refractivity contribution >= 4 is 17.6 Å². The zero-order valence-corrected chi connectivity index (χ0v) is 8.51. The second-order valence-electron chi connectivity index (χ2n) is 2.78. The molecule has 0 radical (unpaired) electrons. The third kappa shape index (κ3) is 2.30. The second-order valence-corrected chi connectivity index (χ2v) is 3.19. The largest absolute Gasteiger partial charge is 0.504 e. The highest BCUT2D eigenvalue weighted by Gasteiger charge is 2.18. The van der Waals surface area contributed by atoms with Crippen LogP contribution in [0.15, 0.2) is 6.07 Å². The first-order chi connectivity index (χ1) is 6.97. The lowest BCUT2D eigenvalue weighted by atomic mass is 10.1. The number of rotatable bonds is 3. The number of hydrogen-bond donors (Lipinski definition) is 2. The summed E-state index contributed by atoms with van der Waals surface area (Å²) in [7, 11) is 1.15. The van der Waals surface area contributed by atoms with E-state index < -0.39 is 29.7 Å². The Bertz CT molecular complexity index is 406. The van der Waals surface area contributed by atoms with Crippen molar-refractivity contribution in [3.8, 4) is 11.5 Å². The average Bonchev–Trinajstić information content (AvgIpc) is 2.14. The van der Waals surface area contributed by atoms with Crippen molar-refractivity contribution in [2.24, 2.45) is 0 Å². The van der Waals surface area contributed by atoms with E-state index in [-0.39, 0.29) is 10.6 Å². The van der Waals surface area contributed by atoms with Crippen molar-refractivity contribution in [2.45, 2.75) is 6.42 Å². The average molecular weight is 235 g/mol. The Morgan fingerprint density at radius 1 is 1.67 bits per heavy atom. The van der Waals surface area contributed by atoms with Crippen LogP contribution in [0.1, 0.15) is 5.56 Å². The van der Waals surface area contributed by atoms with Crippen LogP contribution in [0.4, 0.5) is 4.39 Å². The van der Waals surface area contributed by atoms with E-state index in [0.717, 1.165) is 13.2 Å². The van der Waals surface area contributed by atoms with E-state index >= 15 is 0 Å². The highest BCUT2D eigenvalue weighted by molar-refractivity contribution is 6.31. The summed E-state index contributed by atoms with van der Waals surface area (Å²) in [6.45, 7) is 0. The molecule has 0 fully saturated rings. The van der Waals surface area contributed by atoms with E-state index in [9.17, 15) is 14.3 Å². The van der Waals surface area contributed by atoms with Gasteiger partial charge in [-0.25, -0.2) is 4.39 Å². The first-order valence-corrected chi connectivity index (χ1v) is 4.30. The van der Waals surface area contributed by atoms with Crippen LogP contribution in [0, 0.1) is 5.82 Å². The molecule has 2 N–H and O–H groups in total. The molecule has 0 aliphatic heterocycles. The monoisotopic (exact) mass is 234 g/mol. The molecule has 0 aliphatic carbocycles. The fourth-order valence-corrected chi connectivity index (χ4v) is 1.34. The van der Waals surface area contributed by atoms with Crippen LogP contribution in [0.5, 0.6) is 11.5 Å². The Labute approximate surface area is 89.9 Å². The number of aliphatic carboxylic acids is 1. The fourth-order valence-electron chi connectivity index (χ4n) is 1.13. The van der Waals surface area contributed by atoms with Gasteiger partial charge in [0.05, 0.1) is 18.6 Å². The summed E-state index contributed by atoms with van der Waals surface area (Å²) in [6, 6.07) is 1.06. The summed E-state index contributed by atoms with van der Waals surface area (Å²) in [6.07, 6.45) is -0.456. The van der Waals surface area contributed by atoms with Crippen LogP contribution in [0.25, 0.3) is 0 Å². The molecule has 6 heteroatoms. The van der Waals surface area contributed by atoms with Gasteiger partial charge in [-0.15, -0.1) is 0 Å². The molecule has 0 atom stereocenters. The standard InChI is InChI=1S/C9H8ClFO4/c1-15-9-7(11)5(10)2-4(8(9)14)3-6(12)13/h2,14H,3H2,1H3,(H,12,13). The first-order valence-electron chi connectivity index (χ1n) is 3.93. The second kappa shape index (κ2) is 4.35. The molecule has 0 spiro atoms. The Kier molecular flexibility index (Phi) is 3.36. The van der Waals surface area contributed by atoms with Crippen LogP contribution in [0.2, 0.25) is 5.02 Å². The first kappa shape index (κ1) is 11.6. The summed E-state index contributed by atoms with van der Waals surface area (Å²) < 4.78 is 17.8. The van der Waals surface area contributed by atoms with Crippen molar-refractivity contribution in [2.75, 3.05) is 7.11 Å². The van der Waals surface area contributed by atoms with Gasteiger partial charge in [0, 0.05) is 5.56 Å². The van der Waals surface area contributed by atoms with Crippen molar-refractivity contribution in [1.29, 1.82) is 0 Å². The maximum Gasteiger partial charge on any atom is 0.307 e. The third-order valence-electron chi connectivity index (χ3n) is 1.78. The number of phenols is 1. The normalized spacial score (nSPS) is 10.1. The van der Waals surface area contributed by atoms with Gasteiger partial charge >= 0.3 is 5.97 Å². The van der Waals surface area contributed by atoms with Crippen molar-refractivity contribution in [3.05, 3.63) is 22.5 Å². The van der Waals surface area contributed by atoms with E-state index in [1.807, 2.05) is 0 Å². The van der Waals surface area contributed by atoms with Crippen molar-refractivity contribution < 1.29 is 24.1 Å². The molecular weight excluding hydrogens is 227 g/mol. The summed E-state index contributed by atoms with van der Waals surface area (Å²) in [4.78, 5) is 10.4. The predicted octanol–water partition coefficient (Wildman–Crippen LogP) is 1.82. The van der Waals surface area contributed by atoms with E-state index in [0.29, 0.717) is 0 Å². The van der Waals surface area contributed by atoms with E-state index in [2.05, 4.69) is 4.74 Å².